The topological polar surface area (TPSA) is 64.6 Å². The summed E-state index contributed by atoms with van der Waals surface area (Å²) >= 11 is 0. The van der Waals surface area contributed by atoms with Crippen LogP contribution >= 0.6 is 0 Å². The van der Waals surface area contributed by atoms with E-state index in [1.807, 2.05) is 30.3 Å². The molecule has 0 fully saturated rings. The standard InChI is InChI=1S/C16H13NO4/c1-20-16(19)11-7-8-12-13(9-11)21-14(15(18)17-12)10-5-3-2-4-6-10/h2-9,14H,1H3,(H,17,18). The predicted octanol–water partition coefficient (Wildman–Crippen LogP) is 2.55. The third kappa shape index (κ3) is 2.45. The Bertz CT molecular complexity index is 697. The van der Waals surface area contributed by atoms with Crippen molar-refractivity contribution in [2.24, 2.45) is 0 Å². The van der Waals surface area contributed by atoms with E-state index in [4.69, 9.17) is 4.74 Å². The second-order valence-electron chi connectivity index (χ2n) is 4.60. The van der Waals surface area contributed by atoms with Gasteiger partial charge in [-0.25, -0.2) is 4.79 Å². The Labute approximate surface area is 121 Å². The number of anilines is 1. The molecule has 1 aliphatic rings. The van der Waals surface area contributed by atoms with E-state index in [0.29, 0.717) is 17.0 Å². The van der Waals surface area contributed by atoms with Gasteiger partial charge in [0.25, 0.3) is 5.91 Å². The summed E-state index contributed by atoms with van der Waals surface area (Å²) in [5.41, 5.74) is 1.67. The number of nitrogens with one attached hydrogen (secondary N) is 1. The highest BCUT2D eigenvalue weighted by Crippen LogP contribution is 2.35. The molecule has 1 atom stereocenters. The van der Waals surface area contributed by atoms with Crippen molar-refractivity contribution in [1.29, 1.82) is 0 Å². The van der Waals surface area contributed by atoms with E-state index in [1.54, 1.807) is 18.2 Å². The van der Waals surface area contributed by atoms with Crippen molar-refractivity contribution in [2.75, 3.05) is 12.4 Å². The van der Waals surface area contributed by atoms with Gasteiger partial charge in [-0.1, -0.05) is 30.3 Å². The molecule has 1 N–H and O–H groups in total. The zero-order chi connectivity index (χ0) is 14.8. The highest BCUT2D eigenvalue weighted by Gasteiger charge is 2.29. The number of amides is 1. The monoisotopic (exact) mass is 283 g/mol. The van der Waals surface area contributed by atoms with E-state index in [2.05, 4.69) is 10.1 Å². The van der Waals surface area contributed by atoms with Crippen LogP contribution in [0.25, 0.3) is 0 Å². The second-order valence-corrected chi connectivity index (χ2v) is 4.60. The highest BCUT2D eigenvalue weighted by molar-refractivity contribution is 5.99. The zero-order valence-corrected chi connectivity index (χ0v) is 11.3. The first-order valence-electron chi connectivity index (χ1n) is 6.44. The molecule has 3 rings (SSSR count). The fraction of sp³-hybridized carbons (Fsp3) is 0.125. The average molecular weight is 283 g/mol. The van der Waals surface area contributed by atoms with Gasteiger partial charge in [0.1, 0.15) is 5.75 Å². The van der Waals surface area contributed by atoms with E-state index >= 15 is 0 Å². The van der Waals surface area contributed by atoms with E-state index in [9.17, 15) is 9.59 Å². The lowest BCUT2D eigenvalue weighted by molar-refractivity contribution is -0.123. The number of benzene rings is 2. The first-order chi connectivity index (χ1) is 10.2. The number of fused-ring (bicyclic) bond motifs is 1. The third-order valence-electron chi connectivity index (χ3n) is 3.25. The third-order valence-corrected chi connectivity index (χ3v) is 3.25. The molecule has 2 aromatic carbocycles. The largest absolute Gasteiger partial charge is 0.474 e. The van der Waals surface area contributed by atoms with Crippen LogP contribution in [0, 0.1) is 0 Å². The van der Waals surface area contributed by atoms with Crippen LogP contribution in [0.1, 0.15) is 22.0 Å². The molecule has 5 heteroatoms. The number of carbonyl (C=O) groups is 2. The molecule has 0 bridgehead atoms. The number of esters is 1. The minimum Gasteiger partial charge on any atom is -0.474 e. The Morgan fingerprint density at radius 1 is 1.19 bits per heavy atom. The van der Waals surface area contributed by atoms with Gasteiger partial charge in [-0.3, -0.25) is 4.79 Å². The van der Waals surface area contributed by atoms with Crippen molar-refractivity contribution in [3.63, 3.8) is 0 Å². The molecule has 0 aromatic heterocycles. The first kappa shape index (κ1) is 13.2. The summed E-state index contributed by atoms with van der Waals surface area (Å²) in [4.78, 5) is 23.7. The predicted molar refractivity (Wildman–Crippen MR) is 76.2 cm³/mol. The molecule has 1 heterocycles. The van der Waals surface area contributed by atoms with Crippen molar-refractivity contribution < 1.29 is 19.1 Å². The Hall–Kier alpha value is -2.82. The van der Waals surface area contributed by atoms with E-state index in [-0.39, 0.29) is 5.91 Å². The normalized spacial score (nSPS) is 16.4. The molecule has 5 nitrogen and oxygen atoms in total. The van der Waals surface area contributed by atoms with Crippen molar-refractivity contribution in [3.8, 4) is 5.75 Å². The molecule has 0 saturated heterocycles. The van der Waals surface area contributed by atoms with Crippen LogP contribution in [0.15, 0.2) is 48.5 Å². The van der Waals surface area contributed by atoms with Gasteiger partial charge in [0.15, 0.2) is 0 Å². The summed E-state index contributed by atoms with van der Waals surface area (Å²) in [6.45, 7) is 0. The quantitative estimate of drug-likeness (QED) is 0.860. The zero-order valence-electron chi connectivity index (χ0n) is 11.3. The smallest absolute Gasteiger partial charge is 0.337 e. The fourth-order valence-electron chi connectivity index (χ4n) is 2.19. The van der Waals surface area contributed by atoms with E-state index < -0.39 is 12.1 Å². The van der Waals surface area contributed by atoms with Crippen LogP contribution in [0.5, 0.6) is 5.75 Å². The SMILES string of the molecule is COC(=O)c1ccc2c(c1)OC(c1ccccc1)C(=O)N2. The average Bonchev–Trinajstić information content (AvgIpc) is 2.54. The number of hydrogen-bond donors (Lipinski definition) is 1. The van der Waals surface area contributed by atoms with Crippen molar-refractivity contribution in [2.45, 2.75) is 6.10 Å². The van der Waals surface area contributed by atoms with Crippen molar-refractivity contribution in [1.82, 2.24) is 0 Å². The highest BCUT2D eigenvalue weighted by atomic mass is 16.5. The summed E-state index contributed by atoms with van der Waals surface area (Å²) in [5.74, 6) is -0.236. The van der Waals surface area contributed by atoms with E-state index in [1.165, 1.54) is 7.11 Å². The summed E-state index contributed by atoms with van der Waals surface area (Å²) in [7, 11) is 1.32. The number of carbonyl (C=O) groups excluding carboxylic acids is 2. The Morgan fingerprint density at radius 3 is 2.67 bits per heavy atom. The van der Waals surface area contributed by atoms with Crippen LogP contribution in [-0.4, -0.2) is 19.0 Å². The van der Waals surface area contributed by atoms with Crippen LogP contribution < -0.4 is 10.1 Å². The summed E-state index contributed by atoms with van der Waals surface area (Å²) in [6, 6.07) is 14.0. The van der Waals surface area contributed by atoms with Crippen LogP contribution in [0.2, 0.25) is 0 Å². The van der Waals surface area contributed by atoms with Gasteiger partial charge in [-0.15, -0.1) is 0 Å². The van der Waals surface area contributed by atoms with Crippen LogP contribution in [-0.2, 0) is 9.53 Å². The molecule has 2 aromatic rings. The molecule has 1 unspecified atom stereocenters. The molecule has 1 aliphatic heterocycles. The van der Waals surface area contributed by atoms with Crippen LogP contribution in [0.3, 0.4) is 0 Å². The maximum absolute atomic E-state index is 12.1. The van der Waals surface area contributed by atoms with Gasteiger partial charge < -0.3 is 14.8 Å². The summed E-state index contributed by atoms with van der Waals surface area (Å²) in [5, 5.41) is 2.78. The van der Waals surface area contributed by atoms with Crippen molar-refractivity contribution >= 4 is 17.6 Å². The Kier molecular flexibility index (Phi) is 3.31. The van der Waals surface area contributed by atoms with Gasteiger partial charge in [0.05, 0.1) is 18.4 Å². The molecule has 106 valence electrons. The number of methoxy groups -OCH3 is 1. The summed E-state index contributed by atoms with van der Waals surface area (Å²) < 4.78 is 10.4. The molecule has 0 radical (unpaired) electrons. The van der Waals surface area contributed by atoms with Gasteiger partial charge >= 0.3 is 5.97 Å². The molecular formula is C16H13NO4. The maximum atomic E-state index is 12.1. The van der Waals surface area contributed by atoms with Gasteiger partial charge in [0.2, 0.25) is 6.10 Å². The van der Waals surface area contributed by atoms with Gasteiger partial charge in [-0.2, -0.15) is 0 Å². The van der Waals surface area contributed by atoms with Crippen LogP contribution in [0.4, 0.5) is 5.69 Å². The minimum absolute atomic E-state index is 0.237. The number of rotatable bonds is 2. The molecule has 0 spiro atoms. The van der Waals surface area contributed by atoms with Crippen molar-refractivity contribution in [3.05, 3.63) is 59.7 Å². The maximum Gasteiger partial charge on any atom is 0.337 e. The lowest BCUT2D eigenvalue weighted by atomic mass is 10.1. The second kappa shape index (κ2) is 5.28. The molecule has 0 aliphatic carbocycles. The number of hydrogen-bond acceptors (Lipinski definition) is 4. The molecule has 0 saturated carbocycles. The minimum atomic E-state index is -0.730. The lowest BCUT2D eigenvalue weighted by Crippen LogP contribution is -2.30. The fourth-order valence-corrected chi connectivity index (χ4v) is 2.19. The molecule has 21 heavy (non-hydrogen) atoms. The molecular weight excluding hydrogens is 270 g/mol. The Balaban J connectivity index is 1.95. The van der Waals surface area contributed by atoms with Gasteiger partial charge in [0, 0.05) is 5.56 Å². The lowest BCUT2D eigenvalue weighted by Gasteiger charge is -2.26. The van der Waals surface area contributed by atoms with E-state index in [0.717, 1.165) is 5.56 Å². The van der Waals surface area contributed by atoms with Gasteiger partial charge in [-0.05, 0) is 18.2 Å². The first-order valence-corrected chi connectivity index (χ1v) is 6.44. The summed E-state index contributed by atoms with van der Waals surface area (Å²) in [6.07, 6.45) is -0.730. The Morgan fingerprint density at radius 2 is 1.95 bits per heavy atom. The number of ether oxygens (including phenoxy) is 2. The molecule has 1 amide bonds.